The van der Waals surface area contributed by atoms with Gasteiger partial charge < -0.3 is 40.3 Å². The van der Waals surface area contributed by atoms with Crippen LogP contribution in [0.25, 0.3) is 44.5 Å². The van der Waals surface area contributed by atoms with E-state index in [0.717, 1.165) is 44.9 Å². The molecule has 92 heavy (non-hydrogen) atoms. The van der Waals surface area contributed by atoms with Crippen molar-refractivity contribution in [1.29, 1.82) is 0 Å². The van der Waals surface area contributed by atoms with Crippen molar-refractivity contribution in [3.63, 3.8) is 0 Å². The number of methoxy groups -OCH3 is 2. The van der Waals surface area contributed by atoms with Crippen LogP contribution in [0.15, 0.2) is 129 Å². The first-order chi connectivity index (χ1) is 43.4. The maximum Gasteiger partial charge on any atom is 0.330 e. The van der Waals surface area contributed by atoms with E-state index in [1.165, 1.54) is 77.6 Å². The molecular weight excluding hydrogens is 1230 g/mol. The summed E-state index contributed by atoms with van der Waals surface area (Å²) in [4.78, 5) is 109. The average molecular weight is 1300 g/mol. The van der Waals surface area contributed by atoms with Crippen molar-refractivity contribution in [1.82, 2.24) is 23.6 Å². The number of carbonyl (C=O) groups is 5. The fourth-order valence-electron chi connectivity index (χ4n) is 11.1. The fraction of sp³-hybridized carbons (Fsp3) is 0.290. The van der Waals surface area contributed by atoms with Crippen LogP contribution in [0.3, 0.4) is 0 Å². The smallest absolute Gasteiger partial charge is 0.330 e. The van der Waals surface area contributed by atoms with E-state index in [0.29, 0.717) is 127 Å². The average Bonchev–Trinajstić information content (AvgIpc) is 0.898. The number of benzene rings is 6. The molecule has 19 nitrogen and oxygen atoms in total. The number of nitrogens with two attached hydrogens (primary N) is 1. The van der Waals surface area contributed by atoms with Crippen LogP contribution < -0.4 is 53.7 Å². The van der Waals surface area contributed by atoms with Gasteiger partial charge in [0.2, 0.25) is 0 Å². The zero-order valence-corrected chi connectivity index (χ0v) is 52.9. The van der Waals surface area contributed by atoms with Crippen LogP contribution in [-0.4, -0.2) is 75.2 Å². The van der Waals surface area contributed by atoms with E-state index in [2.05, 4.69) is 16.0 Å². The van der Waals surface area contributed by atoms with Crippen LogP contribution in [0, 0.1) is 37.3 Å². The largest absolute Gasteiger partial charge is 0.496 e. The highest BCUT2D eigenvalue weighted by Crippen LogP contribution is 2.43. The van der Waals surface area contributed by atoms with Gasteiger partial charge in [0, 0.05) is 112 Å². The highest BCUT2D eigenvalue weighted by molar-refractivity contribution is 6.36. The number of nitrogens with zero attached hydrogens (tertiary/aromatic N) is 4. The number of hydrogen-bond donors (Lipinski definition) is 4. The number of aldehydes is 1. The molecule has 0 radical (unpaired) electrons. The van der Waals surface area contributed by atoms with E-state index in [-0.39, 0.29) is 48.1 Å². The number of Topliss-reactive ketones (excluding diaryl/α,β-unsaturated/α-hetero) is 2. The SMILES string of the molecule is C.COc1cc(-c2cccc(-c3cccc(NC(=O)c4cn(C)c(=O)n(C)c4=O)c3C)c2Cl)cc(F)c1C=O.COc1cc(-c2cccc(-c3cccc(NC(=O)c4cn(C)c(=O)n(C)c4=O)c3C)c2Cl)cc(F)c1CNC[C@@H]1CCC(=O)C1.NC[C@@H]1CCC(=O)C1. The molecule has 5 N–H and O–H groups in total. The first-order valence-electron chi connectivity index (χ1n) is 29.0. The Balaban J connectivity index is 0.000000232. The Morgan fingerprint density at radius 2 is 1.02 bits per heavy atom. The monoisotopic (exact) mass is 1300 g/mol. The minimum atomic E-state index is -0.735. The van der Waals surface area contributed by atoms with Crippen LogP contribution >= 0.6 is 23.2 Å². The lowest BCUT2D eigenvalue weighted by Crippen LogP contribution is -2.40. The molecule has 2 aromatic heterocycles. The van der Waals surface area contributed by atoms with Crippen molar-refractivity contribution in [2.24, 2.45) is 45.8 Å². The minimum Gasteiger partial charge on any atom is -0.496 e. The molecular formula is C69H72Cl2F2N8O11. The molecule has 2 atom stereocenters. The number of aryl methyl sites for hydroxylation is 2. The Morgan fingerprint density at radius 3 is 1.43 bits per heavy atom. The van der Waals surface area contributed by atoms with Gasteiger partial charge >= 0.3 is 11.4 Å². The van der Waals surface area contributed by atoms with E-state index in [1.54, 1.807) is 61.5 Å². The van der Waals surface area contributed by atoms with Crippen LogP contribution in [0.5, 0.6) is 11.5 Å². The van der Waals surface area contributed by atoms with Crippen LogP contribution in [0.2, 0.25) is 10.0 Å². The van der Waals surface area contributed by atoms with Gasteiger partial charge in [-0.05, 0) is 121 Å². The molecule has 2 amide bonds. The molecule has 2 saturated carbocycles. The summed E-state index contributed by atoms with van der Waals surface area (Å²) < 4.78 is 44.9. The first-order valence-corrected chi connectivity index (χ1v) is 29.7. The van der Waals surface area contributed by atoms with Gasteiger partial charge in [-0.2, -0.15) is 0 Å². The van der Waals surface area contributed by atoms with E-state index >= 15 is 4.39 Å². The molecule has 2 fully saturated rings. The Bertz CT molecular complexity index is 4440. The lowest BCUT2D eigenvalue weighted by molar-refractivity contribution is -0.118. The summed E-state index contributed by atoms with van der Waals surface area (Å²) in [5.74, 6) is -0.596. The fourth-order valence-corrected chi connectivity index (χ4v) is 11.7. The zero-order valence-electron chi connectivity index (χ0n) is 51.4. The van der Waals surface area contributed by atoms with Gasteiger partial charge in [-0.3, -0.25) is 42.7 Å². The van der Waals surface area contributed by atoms with E-state index in [9.17, 15) is 47.5 Å². The quantitative estimate of drug-likeness (QED) is 0.0658. The molecule has 0 unspecified atom stereocenters. The molecule has 0 saturated heterocycles. The topological polar surface area (TPSA) is 254 Å². The first kappa shape index (κ1) is 70.1. The Morgan fingerprint density at radius 1 is 0.609 bits per heavy atom. The second-order valence-electron chi connectivity index (χ2n) is 22.3. The number of ketones is 2. The van der Waals surface area contributed by atoms with Gasteiger partial charge in [-0.1, -0.05) is 91.3 Å². The van der Waals surface area contributed by atoms with Crippen molar-refractivity contribution in [2.45, 2.75) is 66.3 Å². The minimum absolute atomic E-state index is 0. The maximum absolute atomic E-state index is 15.5. The van der Waals surface area contributed by atoms with Gasteiger partial charge in [0.15, 0.2) is 6.29 Å². The van der Waals surface area contributed by atoms with E-state index in [1.807, 2.05) is 31.2 Å². The molecule has 0 bridgehead atoms. The summed E-state index contributed by atoms with van der Waals surface area (Å²) in [5, 5.41) is 9.50. The second kappa shape index (κ2) is 30.6. The van der Waals surface area contributed by atoms with E-state index in [4.69, 9.17) is 38.4 Å². The number of hydrogen-bond acceptors (Lipinski definition) is 13. The number of halogens is 4. The molecule has 2 aliphatic rings. The third-order valence-electron chi connectivity index (χ3n) is 16.3. The molecule has 10 rings (SSSR count). The molecule has 6 aromatic carbocycles. The molecule has 0 aliphatic heterocycles. The van der Waals surface area contributed by atoms with Crippen molar-refractivity contribution in [2.75, 3.05) is 37.9 Å². The van der Waals surface area contributed by atoms with Crippen molar-refractivity contribution in [3.8, 4) is 56.0 Å². The standard InChI is InChI=1S/C34H34ClFN4O5.C28H23ClFN3O5.C6H11NO.CH4/c1-19-23(7-6-10-29(19)38-32(42)27-18-39(2)34(44)40(3)33(27)43)25-9-5-8-24(31(25)35)21-14-28(36)26(30(15-21)45-4)17-37-16-20-11-12-22(41)13-20;1-15-17(7-6-10-23(15)31-26(35)20-13-32(2)28(37)33(3)27(20)36)19-9-5-8-18(25(19)29)16-11-22(30)21(14-34)24(12-16)38-4;7-4-5-1-2-6(8)3-5;/h5-10,14-15,18,20,37H,11-13,16-17H2,1-4H3,(H,38,42);5-14H,1-4H3,(H,31,35);5H,1-4,7H2;1H4/t20-;;5-;/m1.1./s1. The lowest BCUT2D eigenvalue weighted by Gasteiger charge is -2.17. The molecule has 482 valence electrons. The summed E-state index contributed by atoms with van der Waals surface area (Å²) in [7, 11) is 8.37. The molecule has 23 heteroatoms. The van der Waals surface area contributed by atoms with Gasteiger partial charge in [-0.25, -0.2) is 18.4 Å². The Kier molecular flexibility index (Phi) is 23.3. The third kappa shape index (κ3) is 15.3. The number of rotatable bonds is 16. The molecule has 2 heterocycles. The zero-order chi connectivity index (χ0) is 66.1. The Hall–Kier alpha value is -9.41. The van der Waals surface area contributed by atoms with Crippen LogP contribution in [0.4, 0.5) is 20.2 Å². The van der Waals surface area contributed by atoms with Crippen molar-refractivity contribution < 1.29 is 42.2 Å². The van der Waals surface area contributed by atoms with Gasteiger partial charge in [0.1, 0.15) is 45.8 Å². The summed E-state index contributed by atoms with van der Waals surface area (Å²) in [6, 6.07) is 27.2. The van der Waals surface area contributed by atoms with Crippen LogP contribution in [0.1, 0.15) is 93.7 Å². The normalized spacial score (nSPS) is 14.1. The predicted octanol–water partition coefficient (Wildman–Crippen LogP) is 10.8. The highest BCUT2D eigenvalue weighted by atomic mass is 35.5. The number of aromatic nitrogens is 4. The van der Waals surface area contributed by atoms with E-state index < -0.39 is 45.9 Å². The number of ether oxygens (including phenoxy) is 2. The molecule has 2 aliphatic carbocycles. The number of carbonyl (C=O) groups excluding carboxylic acids is 5. The molecule has 8 aromatic rings. The number of amides is 2. The van der Waals surface area contributed by atoms with Gasteiger partial charge in [0.05, 0.1) is 29.8 Å². The van der Waals surface area contributed by atoms with Gasteiger partial charge in [0.25, 0.3) is 22.9 Å². The maximum atomic E-state index is 15.5. The number of nitrogens with one attached hydrogen (secondary N) is 3. The van der Waals surface area contributed by atoms with Gasteiger partial charge in [-0.15, -0.1) is 0 Å². The summed E-state index contributed by atoms with van der Waals surface area (Å²) in [6.07, 6.45) is 7.34. The summed E-state index contributed by atoms with van der Waals surface area (Å²) in [5.41, 5.74) is 9.74. The van der Waals surface area contributed by atoms with Crippen LogP contribution in [-0.2, 0) is 44.3 Å². The Labute approximate surface area is 539 Å². The summed E-state index contributed by atoms with van der Waals surface area (Å²) in [6.45, 7) is 5.18. The highest BCUT2D eigenvalue weighted by Gasteiger charge is 2.25. The summed E-state index contributed by atoms with van der Waals surface area (Å²) >= 11 is 13.8. The molecule has 0 spiro atoms. The predicted molar refractivity (Wildman–Crippen MR) is 354 cm³/mol. The third-order valence-corrected chi connectivity index (χ3v) is 17.1. The lowest BCUT2D eigenvalue weighted by atomic mass is 9.94. The number of anilines is 2. The van der Waals surface area contributed by atoms with Crippen molar-refractivity contribution >= 4 is 64.2 Å². The second-order valence-corrected chi connectivity index (χ2v) is 23.0. The van der Waals surface area contributed by atoms with Crippen molar-refractivity contribution in [3.05, 3.63) is 206 Å².